The van der Waals surface area contributed by atoms with Gasteiger partial charge in [0.15, 0.2) is 0 Å². The Bertz CT molecular complexity index is 955. The molecule has 1 saturated heterocycles. The van der Waals surface area contributed by atoms with Gasteiger partial charge in [-0.1, -0.05) is 47.5 Å². The second-order valence-electron chi connectivity index (χ2n) is 6.48. The zero-order valence-electron chi connectivity index (χ0n) is 15.0. The first kappa shape index (κ1) is 18.8. The van der Waals surface area contributed by atoms with Gasteiger partial charge in [-0.3, -0.25) is 0 Å². The molecule has 1 aliphatic heterocycles. The van der Waals surface area contributed by atoms with Crippen LogP contribution >= 0.6 is 23.2 Å². The molecule has 4 nitrogen and oxygen atoms in total. The smallest absolute Gasteiger partial charge is 0.130 e. The Morgan fingerprint density at radius 2 is 1.46 bits per heavy atom. The minimum atomic E-state index is 0.529. The van der Waals surface area contributed by atoms with Crippen molar-refractivity contribution in [3.63, 3.8) is 0 Å². The summed E-state index contributed by atoms with van der Waals surface area (Å²) in [4.78, 5) is 7.03. The molecule has 1 fully saturated rings. The fourth-order valence-corrected chi connectivity index (χ4v) is 3.52. The summed E-state index contributed by atoms with van der Waals surface area (Å²) in [6.07, 6.45) is 0. The Kier molecular flexibility index (Phi) is 5.50. The van der Waals surface area contributed by atoms with Gasteiger partial charge in [-0.15, -0.1) is 0 Å². The molecule has 1 aliphatic rings. The fraction of sp³-hybridized carbons (Fsp3) is 0.182. The second kappa shape index (κ2) is 8.20. The molecule has 140 valence electrons. The van der Waals surface area contributed by atoms with E-state index in [0.29, 0.717) is 34.5 Å². The molecular weight excluding hydrogens is 393 g/mol. The fourth-order valence-electron chi connectivity index (χ4n) is 3.27. The summed E-state index contributed by atoms with van der Waals surface area (Å²) in [5.74, 6) is 0.831. The molecular formula is C22H17Cl2N3O. The normalized spacial score (nSPS) is 14.0. The number of halogens is 2. The van der Waals surface area contributed by atoms with Gasteiger partial charge in [0, 0.05) is 34.3 Å². The molecule has 0 amide bonds. The van der Waals surface area contributed by atoms with Crippen molar-refractivity contribution in [3.05, 3.63) is 70.2 Å². The van der Waals surface area contributed by atoms with Gasteiger partial charge in [0.25, 0.3) is 0 Å². The molecule has 0 saturated carbocycles. The van der Waals surface area contributed by atoms with Gasteiger partial charge in [-0.05, 0) is 35.9 Å². The summed E-state index contributed by atoms with van der Waals surface area (Å²) in [7, 11) is 0. The van der Waals surface area contributed by atoms with E-state index in [-0.39, 0.29) is 0 Å². The highest BCUT2D eigenvalue weighted by molar-refractivity contribution is 6.31. The van der Waals surface area contributed by atoms with Crippen LogP contribution in [0.5, 0.6) is 0 Å². The SMILES string of the molecule is N#Cc1c(-c2ccc(Cl)cc2)cc(N2CCOCC2)nc1-c1ccc(Cl)cc1. The van der Waals surface area contributed by atoms with E-state index >= 15 is 0 Å². The standard InChI is InChI=1S/C22H17Cl2N3O/c23-17-5-1-15(2-6-17)19-13-21(27-9-11-28-12-10-27)26-22(20(19)14-25)16-3-7-18(24)8-4-16/h1-8,13H,9-12H2. The van der Waals surface area contributed by atoms with Crippen molar-refractivity contribution in [1.82, 2.24) is 4.98 Å². The number of morpholine rings is 1. The highest BCUT2D eigenvalue weighted by atomic mass is 35.5. The van der Waals surface area contributed by atoms with Crippen LogP contribution < -0.4 is 4.90 Å². The third kappa shape index (κ3) is 3.83. The summed E-state index contributed by atoms with van der Waals surface area (Å²) in [6, 6.07) is 19.2. The molecule has 0 atom stereocenters. The van der Waals surface area contributed by atoms with Crippen molar-refractivity contribution in [2.24, 2.45) is 0 Å². The lowest BCUT2D eigenvalue weighted by Gasteiger charge is -2.29. The van der Waals surface area contributed by atoms with E-state index < -0.39 is 0 Å². The predicted octanol–water partition coefficient (Wildman–Crippen LogP) is 5.43. The molecule has 0 aliphatic carbocycles. The number of rotatable bonds is 3. The number of anilines is 1. The Morgan fingerprint density at radius 3 is 2.04 bits per heavy atom. The van der Waals surface area contributed by atoms with E-state index in [0.717, 1.165) is 35.6 Å². The molecule has 0 bridgehead atoms. The van der Waals surface area contributed by atoms with Crippen LogP contribution in [0.2, 0.25) is 10.0 Å². The Morgan fingerprint density at radius 1 is 0.893 bits per heavy atom. The molecule has 4 rings (SSSR count). The Labute approximate surface area is 173 Å². The van der Waals surface area contributed by atoms with Crippen molar-refractivity contribution in [1.29, 1.82) is 5.26 Å². The summed E-state index contributed by atoms with van der Waals surface area (Å²) in [5.41, 5.74) is 3.79. The molecule has 0 spiro atoms. The minimum Gasteiger partial charge on any atom is -0.378 e. The van der Waals surface area contributed by atoms with Gasteiger partial charge in [-0.25, -0.2) is 4.98 Å². The third-order valence-electron chi connectivity index (χ3n) is 4.73. The molecule has 0 unspecified atom stereocenters. The van der Waals surface area contributed by atoms with Crippen LogP contribution in [0, 0.1) is 11.3 Å². The molecule has 2 heterocycles. The number of nitriles is 1. The lowest BCUT2D eigenvalue weighted by Crippen LogP contribution is -2.36. The highest BCUT2D eigenvalue weighted by Crippen LogP contribution is 2.35. The molecule has 3 aromatic rings. The van der Waals surface area contributed by atoms with Gasteiger partial charge in [0.1, 0.15) is 11.9 Å². The van der Waals surface area contributed by atoms with Gasteiger partial charge in [-0.2, -0.15) is 5.26 Å². The van der Waals surface area contributed by atoms with Crippen LogP contribution in [0.25, 0.3) is 22.4 Å². The van der Waals surface area contributed by atoms with Gasteiger partial charge < -0.3 is 9.64 Å². The van der Waals surface area contributed by atoms with Crippen LogP contribution in [0.15, 0.2) is 54.6 Å². The van der Waals surface area contributed by atoms with Gasteiger partial charge >= 0.3 is 0 Å². The summed E-state index contributed by atoms with van der Waals surface area (Å²) < 4.78 is 5.47. The second-order valence-corrected chi connectivity index (χ2v) is 7.35. The van der Waals surface area contributed by atoms with E-state index in [4.69, 9.17) is 32.9 Å². The van der Waals surface area contributed by atoms with Gasteiger partial charge in [0.2, 0.25) is 0 Å². The van der Waals surface area contributed by atoms with E-state index in [1.165, 1.54) is 0 Å². The Hall–Kier alpha value is -2.58. The van der Waals surface area contributed by atoms with Crippen molar-refractivity contribution in [2.45, 2.75) is 0 Å². The number of hydrogen-bond donors (Lipinski definition) is 0. The van der Waals surface area contributed by atoms with E-state index in [2.05, 4.69) is 11.0 Å². The van der Waals surface area contributed by atoms with Crippen LogP contribution in [0.4, 0.5) is 5.82 Å². The van der Waals surface area contributed by atoms with Crippen LogP contribution in [-0.2, 0) is 4.74 Å². The molecule has 28 heavy (non-hydrogen) atoms. The van der Waals surface area contributed by atoms with Crippen molar-refractivity contribution in [3.8, 4) is 28.5 Å². The predicted molar refractivity (Wildman–Crippen MR) is 113 cm³/mol. The summed E-state index contributed by atoms with van der Waals surface area (Å²) in [5, 5.41) is 11.3. The monoisotopic (exact) mass is 409 g/mol. The maximum Gasteiger partial charge on any atom is 0.130 e. The number of nitrogens with zero attached hydrogens (tertiary/aromatic N) is 3. The number of ether oxygens (including phenoxy) is 1. The zero-order chi connectivity index (χ0) is 19.5. The molecule has 0 radical (unpaired) electrons. The van der Waals surface area contributed by atoms with E-state index in [9.17, 15) is 5.26 Å². The van der Waals surface area contributed by atoms with Crippen molar-refractivity contribution < 1.29 is 4.74 Å². The number of aromatic nitrogens is 1. The number of benzene rings is 2. The quantitative estimate of drug-likeness (QED) is 0.578. The molecule has 1 aromatic heterocycles. The zero-order valence-corrected chi connectivity index (χ0v) is 16.5. The van der Waals surface area contributed by atoms with Crippen LogP contribution in [-0.4, -0.2) is 31.3 Å². The largest absolute Gasteiger partial charge is 0.378 e. The lowest BCUT2D eigenvalue weighted by atomic mass is 9.96. The lowest BCUT2D eigenvalue weighted by molar-refractivity contribution is 0.122. The number of hydrogen-bond acceptors (Lipinski definition) is 4. The van der Waals surface area contributed by atoms with E-state index in [1.807, 2.05) is 54.6 Å². The van der Waals surface area contributed by atoms with Gasteiger partial charge in [0.05, 0.1) is 24.5 Å². The Balaban J connectivity index is 1.92. The first-order valence-electron chi connectivity index (χ1n) is 8.95. The highest BCUT2D eigenvalue weighted by Gasteiger charge is 2.20. The molecule has 6 heteroatoms. The topological polar surface area (TPSA) is 49.2 Å². The average Bonchev–Trinajstić information content (AvgIpc) is 2.74. The maximum absolute atomic E-state index is 9.96. The summed E-state index contributed by atoms with van der Waals surface area (Å²) in [6.45, 7) is 2.85. The van der Waals surface area contributed by atoms with Crippen LogP contribution in [0.1, 0.15) is 5.56 Å². The van der Waals surface area contributed by atoms with Crippen molar-refractivity contribution in [2.75, 3.05) is 31.2 Å². The third-order valence-corrected chi connectivity index (χ3v) is 5.23. The molecule has 0 N–H and O–H groups in total. The van der Waals surface area contributed by atoms with Crippen LogP contribution in [0.3, 0.4) is 0 Å². The first-order valence-corrected chi connectivity index (χ1v) is 9.71. The van der Waals surface area contributed by atoms with E-state index in [1.54, 1.807) is 0 Å². The maximum atomic E-state index is 9.96. The first-order chi connectivity index (χ1) is 13.7. The molecule has 2 aromatic carbocycles. The summed E-state index contributed by atoms with van der Waals surface area (Å²) >= 11 is 12.1. The minimum absolute atomic E-state index is 0.529. The van der Waals surface area contributed by atoms with Crippen molar-refractivity contribution >= 4 is 29.0 Å². The number of pyridine rings is 1. The average molecular weight is 410 g/mol.